The Kier molecular flexibility index (Phi) is 7.35. The molecule has 0 aliphatic carbocycles. The number of carbonyl (C=O) groups excluding carboxylic acids is 1. The molecule has 1 aliphatic heterocycles. The molecule has 1 heterocycles. The standard InChI is InChI=1S/C23H13Cl4NO2S2/c24-15-3-1-2-13(8-15)12-30-20-7-5-16(25)9-14(20)10-21-22(29)28(23(31)32-21)19-6-4-17(26)11-18(19)27/h1-11H,12H2/b21-10-. The van der Waals surface area contributed by atoms with Crippen LogP contribution in [0.2, 0.25) is 20.1 Å². The number of amides is 1. The number of hydrogen-bond acceptors (Lipinski definition) is 4. The Morgan fingerprint density at radius 1 is 0.938 bits per heavy atom. The Morgan fingerprint density at radius 3 is 2.41 bits per heavy atom. The lowest BCUT2D eigenvalue weighted by atomic mass is 10.1. The third kappa shape index (κ3) is 5.25. The van der Waals surface area contributed by atoms with Crippen LogP contribution in [0.3, 0.4) is 0 Å². The van der Waals surface area contributed by atoms with Crippen LogP contribution < -0.4 is 9.64 Å². The van der Waals surface area contributed by atoms with E-state index in [4.69, 9.17) is 63.4 Å². The summed E-state index contributed by atoms with van der Waals surface area (Å²) in [7, 11) is 0. The predicted molar refractivity (Wildman–Crippen MR) is 139 cm³/mol. The summed E-state index contributed by atoms with van der Waals surface area (Å²) in [5.74, 6) is 0.286. The maximum absolute atomic E-state index is 13.1. The number of nitrogens with zero attached hydrogens (tertiary/aromatic N) is 1. The van der Waals surface area contributed by atoms with Crippen molar-refractivity contribution < 1.29 is 9.53 Å². The minimum atomic E-state index is -0.287. The van der Waals surface area contributed by atoms with Crippen molar-refractivity contribution in [1.29, 1.82) is 0 Å². The van der Waals surface area contributed by atoms with Crippen molar-refractivity contribution in [2.45, 2.75) is 6.61 Å². The van der Waals surface area contributed by atoms with Crippen molar-refractivity contribution in [3.63, 3.8) is 0 Å². The highest BCUT2D eigenvalue weighted by Crippen LogP contribution is 2.40. The molecule has 0 saturated carbocycles. The molecule has 4 rings (SSSR count). The minimum absolute atomic E-state index is 0.287. The Morgan fingerprint density at radius 2 is 1.66 bits per heavy atom. The first-order valence-electron chi connectivity index (χ1n) is 9.21. The molecule has 0 N–H and O–H groups in total. The highest BCUT2D eigenvalue weighted by Gasteiger charge is 2.34. The molecule has 0 unspecified atom stereocenters. The monoisotopic (exact) mass is 539 g/mol. The van der Waals surface area contributed by atoms with Crippen molar-refractivity contribution in [2.75, 3.05) is 4.90 Å². The first-order valence-corrected chi connectivity index (χ1v) is 12.0. The van der Waals surface area contributed by atoms with Gasteiger partial charge in [-0.2, -0.15) is 0 Å². The van der Waals surface area contributed by atoms with Crippen LogP contribution in [-0.2, 0) is 11.4 Å². The van der Waals surface area contributed by atoms with Crippen LogP contribution >= 0.6 is 70.4 Å². The smallest absolute Gasteiger partial charge is 0.270 e. The SMILES string of the molecule is O=C1/C(=C/c2cc(Cl)ccc2OCc2cccc(Cl)c2)SC(=S)N1c1ccc(Cl)cc1Cl. The number of carbonyl (C=O) groups is 1. The van der Waals surface area contributed by atoms with Crippen LogP contribution in [0.25, 0.3) is 6.08 Å². The molecule has 0 bridgehead atoms. The third-order valence-electron chi connectivity index (χ3n) is 4.49. The Bertz CT molecular complexity index is 1260. The van der Waals surface area contributed by atoms with E-state index >= 15 is 0 Å². The Labute approximate surface area is 214 Å². The summed E-state index contributed by atoms with van der Waals surface area (Å²) < 4.78 is 6.35. The summed E-state index contributed by atoms with van der Waals surface area (Å²) in [4.78, 5) is 15.0. The van der Waals surface area contributed by atoms with E-state index in [-0.39, 0.29) is 5.91 Å². The van der Waals surface area contributed by atoms with Gasteiger partial charge >= 0.3 is 0 Å². The van der Waals surface area contributed by atoms with Gasteiger partial charge in [0.25, 0.3) is 5.91 Å². The molecule has 3 aromatic rings. The molecular formula is C23H13Cl4NO2S2. The van der Waals surface area contributed by atoms with Crippen molar-refractivity contribution in [3.05, 3.63) is 96.8 Å². The fourth-order valence-electron chi connectivity index (χ4n) is 3.03. The zero-order valence-electron chi connectivity index (χ0n) is 16.2. The summed E-state index contributed by atoms with van der Waals surface area (Å²) in [6.45, 7) is 0.310. The fraction of sp³-hybridized carbons (Fsp3) is 0.0435. The number of hydrogen-bond donors (Lipinski definition) is 0. The van der Waals surface area contributed by atoms with E-state index in [0.29, 0.717) is 52.9 Å². The highest BCUT2D eigenvalue weighted by molar-refractivity contribution is 8.27. The maximum atomic E-state index is 13.1. The van der Waals surface area contributed by atoms with Gasteiger partial charge in [0, 0.05) is 20.6 Å². The molecule has 0 atom stereocenters. The zero-order chi connectivity index (χ0) is 22.8. The molecule has 9 heteroatoms. The second kappa shape index (κ2) is 10.0. The van der Waals surface area contributed by atoms with Gasteiger partial charge in [-0.15, -0.1) is 0 Å². The zero-order valence-corrected chi connectivity index (χ0v) is 20.8. The molecule has 0 aromatic heterocycles. The van der Waals surface area contributed by atoms with E-state index < -0.39 is 0 Å². The largest absolute Gasteiger partial charge is 0.488 e. The van der Waals surface area contributed by atoms with Crippen LogP contribution in [0.15, 0.2) is 65.6 Å². The fourth-order valence-corrected chi connectivity index (χ4v) is 5.19. The Balaban J connectivity index is 1.62. The van der Waals surface area contributed by atoms with Crippen LogP contribution in [0.1, 0.15) is 11.1 Å². The predicted octanol–water partition coefficient (Wildman–Crippen LogP) is 8.29. The normalized spacial score (nSPS) is 15.0. The van der Waals surface area contributed by atoms with Crippen LogP contribution in [0, 0.1) is 0 Å². The molecule has 1 saturated heterocycles. The van der Waals surface area contributed by atoms with Gasteiger partial charge in [0.15, 0.2) is 4.32 Å². The third-order valence-corrected chi connectivity index (χ3v) is 6.80. The average Bonchev–Trinajstić information content (AvgIpc) is 3.01. The average molecular weight is 541 g/mol. The van der Waals surface area contributed by atoms with Crippen molar-refractivity contribution >= 4 is 92.4 Å². The first-order chi connectivity index (χ1) is 15.3. The second-order valence-corrected chi connectivity index (χ2v) is 10.1. The van der Waals surface area contributed by atoms with E-state index in [1.54, 1.807) is 48.5 Å². The van der Waals surface area contributed by atoms with E-state index in [0.717, 1.165) is 5.56 Å². The van der Waals surface area contributed by atoms with Gasteiger partial charge in [-0.05, 0) is 60.2 Å². The molecule has 0 spiro atoms. The summed E-state index contributed by atoms with van der Waals surface area (Å²) in [5, 5.41) is 1.96. The number of benzene rings is 3. The summed E-state index contributed by atoms with van der Waals surface area (Å²) in [6.07, 6.45) is 1.71. The number of halogens is 4. The van der Waals surface area contributed by atoms with Gasteiger partial charge in [0.2, 0.25) is 0 Å². The molecule has 0 radical (unpaired) electrons. The van der Waals surface area contributed by atoms with Gasteiger partial charge in [0.1, 0.15) is 12.4 Å². The topological polar surface area (TPSA) is 29.5 Å². The second-order valence-electron chi connectivity index (χ2n) is 6.71. The van der Waals surface area contributed by atoms with Crippen molar-refractivity contribution in [3.8, 4) is 5.75 Å². The number of anilines is 1. The van der Waals surface area contributed by atoms with Crippen molar-refractivity contribution in [2.24, 2.45) is 0 Å². The summed E-state index contributed by atoms with van der Waals surface area (Å²) in [6, 6.07) is 17.5. The van der Waals surface area contributed by atoms with Gasteiger partial charge in [-0.3, -0.25) is 9.69 Å². The first kappa shape index (κ1) is 23.4. The maximum Gasteiger partial charge on any atom is 0.270 e. The van der Waals surface area contributed by atoms with E-state index in [2.05, 4.69) is 0 Å². The quantitative estimate of drug-likeness (QED) is 0.240. The molecule has 1 amide bonds. The molecule has 1 fully saturated rings. The Hall–Kier alpha value is -1.73. The molecular weight excluding hydrogens is 528 g/mol. The van der Waals surface area contributed by atoms with E-state index in [9.17, 15) is 4.79 Å². The molecule has 1 aliphatic rings. The number of rotatable bonds is 5. The lowest BCUT2D eigenvalue weighted by Crippen LogP contribution is -2.27. The summed E-state index contributed by atoms with van der Waals surface area (Å²) >= 11 is 31.1. The number of thioether (sulfide) groups is 1. The van der Waals surface area contributed by atoms with Crippen LogP contribution in [0.5, 0.6) is 5.75 Å². The van der Waals surface area contributed by atoms with Gasteiger partial charge < -0.3 is 4.74 Å². The molecule has 32 heavy (non-hydrogen) atoms. The van der Waals surface area contributed by atoms with Crippen LogP contribution in [-0.4, -0.2) is 10.2 Å². The molecule has 162 valence electrons. The lowest BCUT2D eigenvalue weighted by molar-refractivity contribution is -0.113. The highest BCUT2D eigenvalue weighted by atomic mass is 35.5. The summed E-state index contributed by atoms with van der Waals surface area (Å²) in [5.41, 5.74) is 2.05. The van der Waals surface area contributed by atoms with E-state index in [1.165, 1.54) is 16.7 Å². The molecule has 3 aromatic carbocycles. The lowest BCUT2D eigenvalue weighted by Gasteiger charge is -2.16. The van der Waals surface area contributed by atoms with E-state index in [1.807, 2.05) is 18.2 Å². The van der Waals surface area contributed by atoms with Crippen molar-refractivity contribution in [1.82, 2.24) is 0 Å². The minimum Gasteiger partial charge on any atom is -0.488 e. The van der Waals surface area contributed by atoms with Crippen LogP contribution in [0.4, 0.5) is 5.69 Å². The molecule has 3 nitrogen and oxygen atoms in total. The van der Waals surface area contributed by atoms with Gasteiger partial charge in [-0.25, -0.2) is 0 Å². The van der Waals surface area contributed by atoms with Gasteiger partial charge in [-0.1, -0.05) is 82.5 Å². The number of ether oxygens (including phenoxy) is 1. The number of thiocarbonyl (C=S) groups is 1. The van der Waals surface area contributed by atoms with Gasteiger partial charge in [0.05, 0.1) is 15.6 Å².